The van der Waals surface area contributed by atoms with Gasteiger partial charge in [-0.1, -0.05) is 0 Å². The van der Waals surface area contributed by atoms with Crippen molar-refractivity contribution < 1.29 is 13.6 Å². The third-order valence-electron chi connectivity index (χ3n) is 1.42. The van der Waals surface area contributed by atoms with Crippen molar-refractivity contribution in [1.82, 2.24) is 5.32 Å². The summed E-state index contributed by atoms with van der Waals surface area (Å²) in [6, 6.07) is 2.75. The van der Waals surface area contributed by atoms with Crippen molar-refractivity contribution in [2.24, 2.45) is 5.73 Å². The molecular weight excluding hydrogens is 210 g/mol. The van der Waals surface area contributed by atoms with Gasteiger partial charge in [0.1, 0.15) is 0 Å². The molecule has 0 atom stereocenters. The SMILES string of the molecule is NC(=S)NC(=O)c1ccc(F)c(F)c1. The van der Waals surface area contributed by atoms with Gasteiger partial charge in [-0.05, 0) is 30.4 Å². The van der Waals surface area contributed by atoms with Gasteiger partial charge in [0.25, 0.3) is 5.91 Å². The summed E-state index contributed by atoms with van der Waals surface area (Å²) >= 11 is 4.41. The van der Waals surface area contributed by atoms with Crippen molar-refractivity contribution >= 4 is 23.2 Å². The molecule has 0 aromatic heterocycles. The number of thiocarbonyl (C=S) groups is 1. The molecule has 6 heteroatoms. The molecule has 0 unspecified atom stereocenters. The Balaban J connectivity index is 2.91. The van der Waals surface area contributed by atoms with Gasteiger partial charge in [-0.2, -0.15) is 0 Å². The lowest BCUT2D eigenvalue weighted by molar-refractivity contribution is 0.0977. The van der Waals surface area contributed by atoms with Gasteiger partial charge in [0.15, 0.2) is 16.7 Å². The lowest BCUT2D eigenvalue weighted by atomic mass is 10.2. The molecule has 1 rings (SSSR count). The number of carbonyl (C=O) groups is 1. The Morgan fingerprint density at radius 2 is 2.00 bits per heavy atom. The molecule has 14 heavy (non-hydrogen) atoms. The van der Waals surface area contributed by atoms with Crippen molar-refractivity contribution in [3.63, 3.8) is 0 Å². The summed E-state index contributed by atoms with van der Waals surface area (Å²) in [5, 5.41) is 1.86. The Hall–Kier alpha value is -1.56. The summed E-state index contributed by atoms with van der Waals surface area (Å²) in [6.07, 6.45) is 0. The van der Waals surface area contributed by atoms with Crippen LogP contribution in [0.2, 0.25) is 0 Å². The molecule has 1 amide bonds. The molecule has 0 heterocycles. The number of nitrogens with two attached hydrogens (primary N) is 1. The summed E-state index contributed by atoms with van der Waals surface area (Å²) in [5.41, 5.74) is 4.99. The average molecular weight is 216 g/mol. The van der Waals surface area contributed by atoms with E-state index in [0.29, 0.717) is 0 Å². The maximum atomic E-state index is 12.7. The van der Waals surface area contributed by atoms with Crippen molar-refractivity contribution in [3.05, 3.63) is 35.4 Å². The van der Waals surface area contributed by atoms with Crippen molar-refractivity contribution in [2.45, 2.75) is 0 Å². The minimum absolute atomic E-state index is 0.0447. The number of nitrogens with one attached hydrogen (secondary N) is 1. The largest absolute Gasteiger partial charge is 0.376 e. The van der Waals surface area contributed by atoms with Crippen molar-refractivity contribution in [3.8, 4) is 0 Å². The van der Waals surface area contributed by atoms with E-state index in [9.17, 15) is 13.6 Å². The number of amides is 1. The fourth-order valence-electron chi connectivity index (χ4n) is 0.821. The third-order valence-corrected chi connectivity index (χ3v) is 1.52. The number of rotatable bonds is 1. The number of halogens is 2. The quantitative estimate of drug-likeness (QED) is 0.687. The molecule has 0 bridgehead atoms. The number of carbonyl (C=O) groups excluding carboxylic acids is 1. The predicted octanol–water partition coefficient (Wildman–Crippen LogP) is 0.938. The van der Waals surface area contributed by atoms with Crippen LogP contribution in [-0.2, 0) is 0 Å². The van der Waals surface area contributed by atoms with Gasteiger partial charge in [0.2, 0.25) is 0 Å². The highest BCUT2D eigenvalue weighted by Gasteiger charge is 2.09. The Kier molecular flexibility index (Phi) is 3.08. The number of hydrogen-bond acceptors (Lipinski definition) is 2. The van der Waals surface area contributed by atoms with E-state index in [2.05, 4.69) is 17.5 Å². The van der Waals surface area contributed by atoms with E-state index >= 15 is 0 Å². The second-order valence-electron chi connectivity index (χ2n) is 2.45. The van der Waals surface area contributed by atoms with Gasteiger partial charge in [0.05, 0.1) is 0 Å². The highest BCUT2D eigenvalue weighted by atomic mass is 32.1. The molecule has 0 aliphatic rings. The molecule has 0 radical (unpaired) electrons. The van der Waals surface area contributed by atoms with E-state index in [1.807, 2.05) is 0 Å². The maximum absolute atomic E-state index is 12.7. The van der Waals surface area contributed by atoms with E-state index in [-0.39, 0.29) is 10.7 Å². The van der Waals surface area contributed by atoms with E-state index in [0.717, 1.165) is 18.2 Å². The van der Waals surface area contributed by atoms with Crippen LogP contribution in [0, 0.1) is 11.6 Å². The fraction of sp³-hybridized carbons (Fsp3) is 0. The van der Waals surface area contributed by atoms with Crippen molar-refractivity contribution in [2.75, 3.05) is 0 Å². The predicted molar refractivity (Wildman–Crippen MR) is 50.6 cm³/mol. The van der Waals surface area contributed by atoms with Gasteiger partial charge in [-0.25, -0.2) is 8.78 Å². The Morgan fingerprint density at radius 3 is 2.50 bits per heavy atom. The molecule has 3 nitrogen and oxygen atoms in total. The van der Waals surface area contributed by atoms with E-state index < -0.39 is 17.5 Å². The first-order valence-electron chi connectivity index (χ1n) is 3.56. The second-order valence-corrected chi connectivity index (χ2v) is 2.89. The maximum Gasteiger partial charge on any atom is 0.257 e. The minimum atomic E-state index is -1.10. The first-order valence-corrected chi connectivity index (χ1v) is 3.97. The topological polar surface area (TPSA) is 55.1 Å². The number of hydrogen-bond donors (Lipinski definition) is 2. The average Bonchev–Trinajstić information content (AvgIpc) is 2.08. The zero-order valence-electron chi connectivity index (χ0n) is 6.88. The lowest BCUT2D eigenvalue weighted by Gasteiger charge is -2.02. The molecule has 0 fully saturated rings. The molecule has 0 aliphatic carbocycles. The first-order chi connectivity index (χ1) is 6.50. The molecule has 74 valence electrons. The number of benzene rings is 1. The molecule has 0 spiro atoms. The lowest BCUT2D eigenvalue weighted by Crippen LogP contribution is -2.34. The van der Waals surface area contributed by atoms with Crippen molar-refractivity contribution in [1.29, 1.82) is 0 Å². The van der Waals surface area contributed by atoms with Gasteiger partial charge < -0.3 is 5.73 Å². The van der Waals surface area contributed by atoms with Gasteiger partial charge in [0, 0.05) is 5.56 Å². The van der Waals surface area contributed by atoms with Gasteiger partial charge >= 0.3 is 0 Å². The second kappa shape index (κ2) is 4.10. The Bertz CT molecular complexity index is 395. The van der Waals surface area contributed by atoms with Crippen LogP contribution in [-0.4, -0.2) is 11.0 Å². The normalized spacial score (nSPS) is 9.57. The molecule has 0 saturated heterocycles. The van der Waals surface area contributed by atoms with Gasteiger partial charge in [-0.15, -0.1) is 0 Å². The fourth-order valence-corrected chi connectivity index (χ4v) is 0.914. The molecule has 0 saturated carbocycles. The van der Waals surface area contributed by atoms with Crippen LogP contribution in [0.25, 0.3) is 0 Å². The highest BCUT2D eigenvalue weighted by Crippen LogP contribution is 2.08. The zero-order valence-corrected chi connectivity index (χ0v) is 7.70. The monoisotopic (exact) mass is 216 g/mol. The van der Waals surface area contributed by atoms with Crippen LogP contribution < -0.4 is 11.1 Å². The summed E-state index contributed by atoms with van der Waals surface area (Å²) in [6.45, 7) is 0. The van der Waals surface area contributed by atoms with Crippen LogP contribution in [0.4, 0.5) is 8.78 Å². The molecule has 1 aromatic rings. The smallest absolute Gasteiger partial charge is 0.257 e. The van der Waals surface area contributed by atoms with Crippen LogP contribution in [0.1, 0.15) is 10.4 Å². The third kappa shape index (κ3) is 2.46. The van der Waals surface area contributed by atoms with E-state index in [1.165, 1.54) is 0 Å². The Labute approximate surface area is 83.9 Å². The minimum Gasteiger partial charge on any atom is -0.376 e. The van der Waals surface area contributed by atoms with Crippen LogP contribution in [0.3, 0.4) is 0 Å². The molecule has 0 aliphatic heterocycles. The van der Waals surface area contributed by atoms with E-state index in [4.69, 9.17) is 5.73 Å². The van der Waals surface area contributed by atoms with Crippen LogP contribution in [0.15, 0.2) is 18.2 Å². The summed E-state index contributed by atoms with van der Waals surface area (Å²) < 4.78 is 25.1. The van der Waals surface area contributed by atoms with Crippen LogP contribution >= 0.6 is 12.2 Å². The highest BCUT2D eigenvalue weighted by molar-refractivity contribution is 7.80. The Morgan fingerprint density at radius 1 is 1.36 bits per heavy atom. The first kappa shape index (κ1) is 10.5. The summed E-state index contributed by atoms with van der Waals surface area (Å²) in [7, 11) is 0. The molecule has 1 aromatic carbocycles. The molecular formula is C8H6F2N2OS. The van der Waals surface area contributed by atoms with Gasteiger partial charge in [-0.3, -0.25) is 10.1 Å². The van der Waals surface area contributed by atoms with Crippen LogP contribution in [0.5, 0.6) is 0 Å². The zero-order chi connectivity index (χ0) is 10.7. The standard InChI is InChI=1S/C8H6F2N2OS/c9-5-2-1-4(3-6(5)10)7(13)12-8(11)14/h1-3H,(H3,11,12,13,14). The summed E-state index contributed by atoms with van der Waals surface area (Å²) in [5.74, 6) is -2.78. The molecule has 3 N–H and O–H groups in total. The van der Waals surface area contributed by atoms with E-state index in [1.54, 1.807) is 0 Å². The summed E-state index contributed by atoms with van der Waals surface area (Å²) in [4.78, 5) is 11.2.